The number of aliphatic imine (C=N–C) groups is 1. The lowest BCUT2D eigenvalue weighted by molar-refractivity contribution is -0.139. The van der Waals surface area contributed by atoms with Gasteiger partial charge in [-0.05, 0) is 44.7 Å². The van der Waals surface area contributed by atoms with Crippen LogP contribution < -0.4 is 10.4 Å². The fraction of sp³-hybridized carbons (Fsp3) is 0.565. The van der Waals surface area contributed by atoms with Gasteiger partial charge in [0.25, 0.3) is 11.8 Å². The van der Waals surface area contributed by atoms with Crippen molar-refractivity contribution in [3.8, 4) is 0 Å². The molecule has 3 heterocycles. The van der Waals surface area contributed by atoms with Gasteiger partial charge in [-0.2, -0.15) is 0 Å². The van der Waals surface area contributed by atoms with E-state index >= 15 is 0 Å². The van der Waals surface area contributed by atoms with Crippen molar-refractivity contribution in [1.29, 1.82) is 0 Å². The van der Waals surface area contributed by atoms with Crippen molar-refractivity contribution in [3.63, 3.8) is 0 Å². The van der Waals surface area contributed by atoms with Crippen molar-refractivity contribution >= 4 is 29.2 Å². The lowest BCUT2D eigenvalue weighted by Crippen LogP contribution is -2.57. The summed E-state index contributed by atoms with van der Waals surface area (Å²) < 4.78 is 0. The van der Waals surface area contributed by atoms with Gasteiger partial charge in [-0.3, -0.25) is 24.8 Å². The molecule has 8 nitrogen and oxygen atoms in total. The van der Waals surface area contributed by atoms with E-state index < -0.39 is 0 Å². The molecule has 0 unspecified atom stereocenters. The van der Waals surface area contributed by atoms with Crippen LogP contribution in [-0.4, -0.2) is 66.1 Å². The van der Waals surface area contributed by atoms with E-state index in [-0.39, 0.29) is 36.0 Å². The first-order valence-electron chi connectivity index (χ1n) is 11.3. The van der Waals surface area contributed by atoms with Crippen LogP contribution in [0.1, 0.15) is 44.1 Å². The molecule has 1 N–H and O–H groups in total. The summed E-state index contributed by atoms with van der Waals surface area (Å²) in [7, 11) is 0. The molecule has 3 aliphatic rings. The van der Waals surface area contributed by atoms with E-state index in [1.807, 2.05) is 36.1 Å². The summed E-state index contributed by atoms with van der Waals surface area (Å²) in [5.74, 6) is -0.00257. The largest absolute Gasteiger partial charge is 0.342 e. The van der Waals surface area contributed by atoms with E-state index in [4.69, 9.17) is 0 Å². The highest BCUT2D eigenvalue weighted by molar-refractivity contribution is 6.39. The Kier molecular flexibility index (Phi) is 6.53. The summed E-state index contributed by atoms with van der Waals surface area (Å²) in [4.78, 5) is 46.1. The average molecular weight is 426 g/mol. The minimum atomic E-state index is -0.217. The fourth-order valence-corrected chi connectivity index (χ4v) is 4.47. The predicted molar refractivity (Wildman–Crippen MR) is 118 cm³/mol. The minimum Gasteiger partial charge on any atom is -0.342 e. The monoisotopic (exact) mass is 425 g/mol. The maximum absolute atomic E-state index is 13.0. The molecular weight excluding hydrogens is 394 g/mol. The van der Waals surface area contributed by atoms with Gasteiger partial charge in [-0.25, -0.2) is 5.01 Å². The number of amidine groups is 1. The summed E-state index contributed by atoms with van der Waals surface area (Å²) in [6, 6.07) is 7.52. The number of amides is 3. The first kappa shape index (κ1) is 21.3. The topological polar surface area (TPSA) is 85.3 Å². The molecule has 1 aromatic rings. The van der Waals surface area contributed by atoms with Crippen LogP contribution in [0.25, 0.3) is 0 Å². The van der Waals surface area contributed by atoms with Crippen molar-refractivity contribution in [2.75, 3.05) is 37.7 Å². The van der Waals surface area contributed by atoms with Crippen LogP contribution in [0, 0.1) is 12.8 Å². The minimum absolute atomic E-state index is 0.00552. The molecule has 0 aromatic heterocycles. The number of likely N-dealkylation sites (tertiary alicyclic amines) is 2. The molecule has 8 heteroatoms. The van der Waals surface area contributed by atoms with E-state index in [0.717, 1.165) is 31.5 Å². The Morgan fingerprint density at radius 1 is 0.935 bits per heavy atom. The second kappa shape index (κ2) is 9.49. The number of carbonyl (C=O) groups excluding carboxylic acids is 3. The molecule has 2 saturated heterocycles. The lowest BCUT2D eigenvalue weighted by atomic mass is 9.95. The zero-order valence-corrected chi connectivity index (χ0v) is 18.2. The summed E-state index contributed by atoms with van der Waals surface area (Å²) in [5.41, 5.74) is 4.67. The number of benzene rings is 1. The second-order valence-corrected chi connectivity index (χ2v) is 8.65. The van der Waals surface area contributed by atoms with E-state index in [1.54, 1.807) is 4.90 Å². The lowest BCUT2D eigenvalue weighted by Gasteiger charge is -2.35. The number of hydrogen-bond acceptors (Lipinski definition) is 5. The zero-order chi connectivity index (χ0) is 21.8. The van der Waals surface area contributed by atoms with Crippen LogP contribution in [0.2, 0.25) is 0 Å². The number of piperidine rings is 1. The van der Waals surface area contributed by atoms with Crippen molar-refractivity contribution < 1.29 is 14.4 Å². The highest BCUT2D eigenvalue weighted by Gasteiger charge is 2.33. The Morgan fingerprint density at radius 3 is 2.23 bits per heavy atom. The van der Waals surface area contributed by atoms with Gasteiger partial charge in [-0.15, -0.1) is 0 Å². The number of hydrazine groups is 1. The number of nitrogens with zero attached hydrogens (tertiary/aromatic N) is 4. The molecule has 1 aromatic carbocycles. The highest BCUT2D eigenvalue weighted by Crippen LogP contribution is 2.22. The van der Waals surface area contributed by atoms with Gasteiger partial charge in [0.2, 0.25) is 11.7 Å². The number of anilines is 1. The molecule has 166 valence electrons. The van der Waals surface area contributed by atoms with Crippen molar-refractivity contribution in [2.45, 2.75) is 45.4 Å². The van der Waals surface area contributed by atoms with Crippen LogP contribution in [0.4, 0.5) is 5.69 Å². The van der Waals surface area contributed by atoms with Gasteiger partial charge in [0, 0.05) is 32.1 Å². The van der Waals surface area contributed by atoms with Gasteiger partial charge in [0.05, 0.1) is 5.69 Å². The SMILES string of the molecule is Cc1ccc(N2NC(C(=O)N3CCC(C(=O)N4CCCCCC4)CC3)=NCC2=O)cc1. The van der Waals surface area contributed by atoms with E-state index in [1.165, 1.54) is 17.9 Å². The summed E-state index contributed by atoms with van der Waals surface area (Å²) in [6.07, 6.45) is 5.93. The Morgan fingerprint density at radius 2 is 1.58 bits per heavy atom. The maximum Gasteiger partial charge on any atom is 0.290 e. The third-order valence-electron chi connectivity index (χ3n) is 6.38. The number of carbonyl (C=O) groups is 3. The van der Waals surface area contributed by atoms with E-state index in [9.17, 15) is 14.4 Å². The summed E-state index contributed by atoms with van der Waals surface area (Å²) in [5, 5.41) is 1.38. The molecule has 0 radical (unpaired) electrons. The molecule has 0 aliphatic carbocycles. The molecule has 0 spiro atoms. The zero-order valence-electron chi connectivity index (χ0n) is 18.2. The molecule has 3 amide bonds. The molecule has 2 fully saturated rings. The van der Waals surface area contributed by atoms with Crippen LogP contribution in [0.15, 0.2) is 29.3 Å². The van der Waals surface area contributed by atoms with Crippen molar-refractivity contribution in [2.24, 2.45) is 10.9 Å². The average Bonchev–Trinajstić information content (AvgIpc) is 3.09. The second-order valence-electron chi connectivity index (χ2n) is 8.65. The van der Waals surface area contributed by atoms with Crippen molar-refractivity contribution in [3.05, 3.63) is 29.8 Å². The van der Waals surface area contributed by atoms with Gasteiger partial charge < -0.3 is 9.80 Å². The number of aryl methyl sites for hydroxylation is 1. The van der Waals surface area contributed by atoms with Gasteiger partial charge in [0.15, 0.2) is 0 Å². The maximum atomic E-state index is 13.0. The Hall–Kier alpha value is -2.90. The standard InChI is InChI=1S/C23H31N5O3/c1-17-6-8-19(9-7-17)28-20(29)16-24-21(25-28)23(31)27-14-10-18(11-15-27)22(30)26-12-4-2-3-5-13-26/h6-9,18H,2-5,10-16H2,1H3,(H,24,25). The third-order valence-corrected chi connectivity index (χ3v) is 6.38. The first-order valence-corrected chi connectivity index (χ1v) is 11.3. The summed E-state index contributed by atoms with van der Waals surface area (Å²) in [6.45, 7) is 4.70. The highest BCUT2D eigenvalue weighted by atomic mass is 16.2. The molecule has 0 saturated carbocycles. The molecule has 3 aliphatic heterocycles. The molecule has 0 bridgehead atoms. The van der Waals surface area contributed by atoms with E-state index in [0.29, 0.717) is 31.6 Å². The van der Waals surface area contributed by atoms with Crippen LogP contribution in [-0.2, 0) is 14.4 Å². The quantitative estimate of drug-likeness (QED) is 0.801. The van der Waals surface area contributed by atoms with Gasteiger partial charge in [0.1, 0.15) is 6.54 Å². The summed E-state index contributed by atoms with van der Waals surface area (Å²) >= 11 is 0. The smallest absolute Gasteiger partial charge is 0.290 e. The normalized spacial score (nSPS) is 20.7. The number of rotatable bonds is 3. The Bertz CT molecular complexity index is 850. The van der Waals surface area contributed by atoms with Gasteiger partial charge in [-0.1, -0.05) is 30.5 Å². The number of hydrogen-bond donors (Lipinski definition) is 1. The van der Waals surface area contributed by atoms with Crippen molar-refractivity contribution in [1.82, 2.24) is 15.2 Å². The van der Waals surface area contributed by atoms with Crippen LogP contribution in [0.5, 0.6) is 0 Å². The molecule has 0 atom stereocenters. The number of nitrogens with one attached hydrogen (secondary N) is 1. The van der Waals surface area contributed by atoms with Gasteiger partial charge >= 0.3 is 0 Å². The first-order chi connectivity index (χ1) is 15.0. The van der Waals surface area contributed by atoms with E-state index in [2.05, 4.69) is 10.4 Å². The third kappa shape index (κ3) is 4.89. The predicted octanol–water partition coefficient (Wildman–Crippen LogP) is 1.89. The molecular formula is C23H31N5O3. The Balaban J connectivity index is 1.34. The molecule has 4 rings (SSSR count). The molecule has 31 heavy (non-hydrogen) atoms. The Labute approximate surface area is 183 Å². The fourth-order valence-electron chi connectivity index (χ4n) is 4.47. The van der Waals surface area contributed by atoms with Crippen LogP contribution in [0.3, 0.4) is 0 Å². The van der Waals surface area contributed by atoms with Crippen LogP contribution >= 0.6 is 0 Å².